The third-order valence-corrected chi connectivity index (χ3v) is 7.42. The molecule has 5 rings (SSSR count). The van der Waals surface area contributed by atoms with Crippen LogP contribution < -0.4 is 10.2 Å². The average molecular weight is 541 g/mol. The maximum atomic E-state index is 13.4. The lowest BCUT2D eigenvalue weighted by atomic mass is 9.89. The maximum Gasteiger partial charge on any atom is 0.419 e. The minimum absolute atomic E-state index is 0.133. The molecule has 0 unspecified atom stereocenters. The fourth-order valence-corrected chi connectivity index (χ4v) is 5.25. The van der Waals surface area contributed by atoms with Crippen molar-refractivity contribution in [2.24, 2.45) is 0 Å². The van der Waals surface area contributed by atoms with E-state index in [-0.39, 0.29) is 17.9 Å². The number of imidazole rings is 1. The van der Waals surface area contributed by atoms with Crippen molar-refractivity contribution >= 4 is 28.8 Å². The van der Waals surface area contributed by atoms with Gasteiger partial charge in [0.05, 0.1) is 11.3 Å². The van der Waals surface area contributed by atoms with E-state index in [1.165, 1.54) is 22.2 Å². The lowest BCUT2D eigenvalue weighted by Gasteiger charge is -2.34. The van der Waals surface area contributed by atoms with Crippen LogP contribution in [0.2, 0.25) is 5.02 Å². The van der Waals surface area contributed by atoms with Gasteiger partial charge < -0.3 is 10.2 Å². The largest absolute Gasteiger partial charge is 0.419 e. The number of aromatic nitrogens is 2. The SMILES string of the molecule is CCc1nc2c(C(F)(F)F)cccn2c1C(=O)NCc1ccc(N2CCC(c3ccc(Cl)cc3)CC2)cc1. The first-order chi connectivity index (χ1) is 18.2. The van der Waals surface area contributed by atoms with Crippen LogP contribution in [0.3, 0.4) is 0 Å². The van der Waals surface area contributed by atoms with E-state index < -0.39 is 17.6 Å². The second-order valence-corrected chi connectivity index (χ2v) is 9.97. The summed E-state index contributed by atoms with van der Waals surface area (Å²) in [7, 11) is 0. The lowest BCUT2D eigenvalue weighted by molar-refractivity contribution is -0.136. The highest BCUT2D eigenvalue weighted by atomic mass is 35.5. The van der Waals surface area contributed by atoms with Gasteiger partial charge in [-0.15, -0.1) is 0 Å². The molecular formula is C29H28ClF3N4O. The Morgan fingerprint density at radius 2 is 1.74 bits per heavy atom. The van der Waals surface area contributed by atoms with Gasteiger partial charge in [-0.25, -0.2) is 4.98 Å². The second-order valence-electron chi connectivity index (χ2n) is 9.54. The molecule has 1 aliphatic heterocycles. The third kappa shape index (κ3) is 5.36. The van der Waals surface area contributed by atoms with Crippen molar-refractivity contribution < 1.29 is 18.0 Å². The molecule has 38 heavy (non-hydrogen) atoms. The summed E-state index contributed by atoms with van der Waals surface area (Å²) in [6.45, 7) is 3.94. The number of rotatable bonds is 6. The Morgan fingerprint density at radius 3 is 2.37 bits per heavy atom. The third-order valence-electron chi connectivity index (χ3n) is 7.17. The number of aryl methyl sites for hydroxylation is 1. The number of fused-ring (bicyclic) bond motifs is 1. The fraction of sp³-hybridized carbons (Fsp3) is 0.310. The summed E-state index contributed by atoms with van der Waals surface area (Å²) in [5.74, 6) is 0.0693. The predicted octanol–water partition coefficient (Wildman–Crippen LogP) is 6.88. The number of benzene rings is 2. The van der Waals surface area contributed by atoms with Crippen molar-refractivity contribution in [3.63, 3.8) is 0 Å². The molecule has 1 saturated heterocycles. The molecule has 198 valence electrons. The zero-order chi connectivity index (χ0) is 26.9. The quantitative estimate of drug-likeness (QED) is 0.290. The number of pyridine rings is 1. The van der Waals surface area contributed by atoms with Gasteiger partial charge >= 0.3 is 6.18 Å². The van der Waals surface area contributed by atoms with Gasteiger partial charge in [-0.3, -0.25) is 9.20 Å². The highest BCUT2D eigenvalue weighted by Gasteiger charge is 2.35. The van der Waals surface area contributed by atoms with Crippen LogP contribution in [-0.4, -0.2) is 28.4 Å². The Labute approximate surface area is 224 Å². The molecule has 5 nitrogen and oxygen atoms in total. The fourth-order valence-electron chi connectivity index (χ4n) is 5.12. The molecule has 4 aromatic rings. The standard InChI is InChI=1S/C29H28ClF3N4O/c1-2-25-26(37-15-3-4-24(27(37)35-25)29(31,32)33)28(38)34-18-19-5-11-23(12-6-19)36-16-13-21(14-17-36)20-7-9-22(30)10-8-20/h3-12,15,21H,2,13-14,16-18H2,1H3,(H,34,38). The van der Waals surface area contributed by atoms with Gasteiger partial charge in [0.15, 0.2) is 0 Å². The van der Waals surface area contributed by atoms with Gasteiger partial charge in [0.25, 0.3) is 5.91 Å². The Kier molecular flexibility index (Phi) is 7.34. The first-order valence-corrected chi connectivity index (χ1v) is 13.1. The van der Waals surface area contributed by atoms with Crippen molar-refractivity contribution in [2.45, 2.75) is 44.8 Å². The second kappa shape index (κ2) is 10.7. The molecule has 2 aromatic carbocycles. The lowest BCUT2D eigenvalue weighted by Crippen LogP contribution is -2.32. The minimum atomic E-state index is -4.56. The Hall–Kier alpha value is -3.52. The number of carbonyl (C=O) groups is 1. The van der Waals surface area contributed by atoms with Crippen LogP contribution in [0.15, 0.2) is 66.9 Å². The van der Waals surface area contributed by atoms with Crippen molar-refractivity contribution in [1.82, 2.24) is 14.7 Å². The van der Waals surface area contributed by atoms with E-state index in [9.17, 15) is 18.0 Å². The Morgan fingerprint density at radius 1 is 1.05 bits per heavy atom. The number of nitrogens with zero attached hydrogens (tertiary/aromatic N) is 3. The molecule has 0 saturated carbocycles. The van der Waals surface area contributed by atoms with E-state index in [2.05, 4.69) is 27.3 Å². The van der Waals surface area contributed by atoms with Gasteiger partial charge in [-0.2, -0.15) is 13.2 Å². The number of anilines is 1. The van der Waals surface area contributed by atoms with Crippen LogP contribution in [0.25, 0.3) is 5.65 Å². The zero-order valence-electron chi connectivity index (χ0n) is 20.9. The summed E-state index contributed by atoms with van der Waals surface area (Å²) in [6, 6.07) is 18.4. The van der Waals surface area contributed by atoms with Crippen LogP contribution >= 0.6 is 11.6 Å². The molecule has 0 aliphatic carbocycles. The van der Waals surface area contributed by atoms with Gasteiger partial charge in [-0.1, -0.05) is 42.8 Å². The Balaban J connectivity index is 1.22. The van der Waals surface area contributed by atoms with Crippen LogP contribution in [-0.2, 0) is 19.1 Å². The normalized spacial score (nSPS) is 14.7. The molecule has 0 radical (unpaired) electrons. The predicted molar refractivity (Wildman–Crippen MR) is 143 cm³/mol. The Bertz CT molecular complexity index is 1420. The molecule has 1 N–H and O–H groups in total. The van der Waals surface area contributed by atoms with E-state index >= 15 is 0 Å². The zero-order valence-corrected chi connectivity index (χ0v) is 21.7. The minimum Gasteiger partial charge on any atom is -0.371 e. The number of halogens is 4. The number of nitrogens with one attached hydrogen (secondary N) is 1. The summed E-state index contributed by atoms with van der Waals surface area (Å²) in [5, 5.41) is 3.60. The summed E-state index contributed by atoms with van der Waals surface area (Å²) in [5.41, 5.74) is 2.70. The summed E-state index contributed by atoms with van der Waals surface area (Å²) in [4.78, 5) is 19.5. The van der Waals surface area contributed by atoms with Gasteiger partial charge in [0, 0.05) is 36.5 Å². The van der Waals surface area contributed by atoms with Crippen molar-refractivity contribution in [2.75, 3.05) is 18.0 Å². The number of alkyl halides is 3. The monoisotopic (exact) mass is 540 g/mol. The highest BCUT2D eigenvalue weighted by Crippen LogP contribution is 2.33. The molecular weight excluding hydrogens is 513 g/mol. The van der Waals surface area contributed by atoms with E-state index in [0.717, 1.165) is 48.3 Å². The molecule has 3 heterocycles. The van der Waals surface area contributed by atoms with Crippen LogP contribution in [0.4, 0.5) is 18.9 Å². The first-order valence-electron chi connectivity index (χ1n) is 12.7. The van der Waals surface area contributed by atoms with Gasteiger partial charge in [0.1, 0.15) is 11.3 Å². The van der Waals surface area contributed by atoms with E-state index in [1.54, 1.807) is 6.92 Å². The highest BCUT2D eigenvalue weighted by molar-refractivity contribution is 6.30. The van der Waals surface area contributed by atoms with Crippen molar-refractivity contribution in [3.05, 3.63) is 100.0 Å². The number of piperidine rings is 1. The van der Waals surface area contributed by atoms with Gasteiger partial charge in [-0.05, 0) is 72.7 Å². The molecule has 0 atom stereocenters. The van der Waals surface area contributed by atoms with E-state index in [1.807, 2.05) is 36.4 Å². The number of hydrogen-bond acceptors (Lipinski definition) is 3. The summed E-state index contributed by atoms with van der Waals surface area (Å²) < 4.78 is 41.6. The topological polar surface area (TPSA) is 49.6 Å². The van der Waals surface area contributed by atoms with Crippen LogP contribution in [0.5, 0.6) is 0 Å². The maximum absolute atomic E-state index is 13.4. The average Bonchev–Trinajstić information content (AvgIpc) is 3.31. The summed E-state index contributed by atoms with van der Waals surface area (Å²) in [6.07, 6.45) is -0.649. The van der Waals surface area contributed by atoms with Crippen LogP contribution in [0, 0.1) is 0 Å². The van der Waals surface area contributed by atoms with Gasteiger partial charge in [0.2, 0.25) is 0 Å². The molecule has 1 amide bonds. The molecule has 1 aliphatic rings. The molecule has 1 fully saturated rings. The molecule has 0 spiro atoms. The van der Waals surface area contributed by atoms with E-state index in [0.29, 0.717) is 18.0 Å². The molecule has 9 heteroatoms. The van der Waals surface area contributed by atoms with Crippen LogP contribution in [0.1, 0.15) is 58.6 Å². The first kappa shape index (κ1) is 26.1. The number of hydrogen-bond donors (Lipinski definition) is 1. The molecule has 0 bridgehead atoms. The van der Waals surface area contributed by atoms with Crippen molar-refractivity contribution in [1.29, 1.82) is 0 Å². The smallest absolute Gasteiger partial charge is 0.371 e. The van der Waals surface area contributed by atoms with Crippen molar-refractivity contribution in [3.8, 4) is 0 Å². The summed E-state index contributed by atoms with van der Waals surface area (Å²) >= 11 is 6.02. The number of carbonyl (C=O) groups excluding carboxylic acids is 1. The number of amides is 1. The molecule has 2 aromatic heterocycles. The van der Waals surface area contributed by atoms with E-state index in [4.69, 9.17) is 11.6 Å².